The molecule has 0 N–H and O–H groups in total. The van der Waals surface area contributed by atoms with E-state index >= 15 is 0 Å². The summed E-state index contributed by atoms with van der Waals surface area (Å²) in [5, 5.41) is 5.11. The second-order valence-electron chi connectivity index (χ2n) is 14.9. The first-order valence-corrected chi connectivity index (χ1v) is 19.5. The van der Waals surface area contributed by atoms with Crippen LogP contribution in [0.4, 0.5) is 17.1 Å². The third-order valence-corrected chi connectivity index (χ3v) is 11.8. The number of fused-ring (bicyclic) bond motifs is 8. The lowest BCUT2D eigenvalue weighted by Gasteiger charge is -2.29. The maximum Gasteiger partial charge on any atom is 0.0547 e. The van der Waals surface area contributed by atoms with Crippen LogP contribution < -0.4 is 4.90 Å². The van der Waals surface area contributed by atoms with Crippen molar-refractivity contribution >= 4 is 49.6 Å². The Kier molecular flexibility index (Phi) is 7.67. The molecule has 264 valence electrons. The van der Waals surface area contributed by atoms with Gasteiger partial charge in [0, 0.05) is 39.4 Å². The summed E-state index contributed by atoms with van der Waals surface area (Å²) in [4.78, 5) is 2.39. The molecular formula is C54H38N2. The van der Waals surface area contributed by atoms with Crippen molar-refractivity contribution < 1.29 is 0 Å². The van der Waals surface area contributed by atoms with E-state index in [1.807, 2.05) is 0 Å². The van der Waals surface area contributed by atoms with Crippen LogP contribution in [0.15, 0.2) is 212 Å². The molecule has 0 amide bonds. The molecule has 9 aromatic carbocycles. The van der Waals surface area contributed by atoms with Crippen LogP contribution in [-0.4, -0.2) is 4.57 Å². The van der Waals surface area contributed by atoms with Crippen molar-refractivity contribution in [2.75, 3.05) is 4.90 Å². The van der Waals surface area contributed by atoms with Gasteiger partial charge in [-0.1, -0.05) is 152 Å². The van der Waals surface area contributed by atoms with Crippen LogP contribution in [0.5, 0.6) is 0 Å². The highest BCUT2D eigenvalue weighted by atomic mass is 15.1. The maximum absolute atomic E-state index is 2.41. The third-order valence-electron chi connectivity index (χ3n) is 11.8. The molecule has 0 spiro atoms. The van der Waals surface area contributed by atoms with Gasteiger partial charge in [0.05, 0.1) is 11.0 Å². The van der Waals surface area contributed by atoms with Crippen LogP contribution in [0.1, 0.15) is 22.6 Å². The number of rotatable bonds is 6. The van der Waals surface area contributed by atoms with Gasteiger partial charge >= 0.3 is 0 Å². The molecule has 0 saturated carbocycles. The predicted molar refractivity (Wildman–Crippen MR) is 236 cm³/mol. The Morgan fingerprint density at radius 3 is 1.93 bits per heavy atom. The molecule has 0 bridgehead atoms. The van der Waals surface area contributed by atoms with E-state index in [0.717, 1.165) is 29.2 Å². The lowest BCUT2D eigenvalue weighted by molar-refractivity contribution is 0.794. The number of benzene rings is 9. The molecule has 1 heterocycles. The Labute approximate surface area is 327 Å². The van der Waals surface area contributed by atoms with Crippen LogP contribution >= 0.6 is 0 Å². The summed E-state index contributed by atoms with van der Waals surface area (Å²) in [6, 6.07) is 77.8. The largest absolute Gasteiger partial charge is 0.310 e. The van der Waals surface area contributed by atoms with Crippen LogP contribution in [0.25, 0.3) is 60.5 Å². The van der Waals surface area contributed by atoms with Crippen LogP contribution in [0.2, 0.25) is 0 Å². The Morgan fingerprint density at radius 1 is 0.429 bits per heavy atom. The van der Waals surface area contributed by atoms with E-state index in [1.165, 1.54) is 71.5 Å². The number of hydrogen-bond acceptors (Lipinski definition) is 1. The average Bonchev–Trinajstić information content (AvgIpc) is 3.62. The lowest BCUT2D eigenvalue weighted by atomic mass is 9.76. The van der Waals surface area contributed by atoms with E-state index < -0.39 is 0 Å². The highest BCUT2D eigenvalue weighted by Crippen LogP contribution is 2.44. The van der Waals surface area contributed by atoms with E-state index in [2.05, 4.69) is 222 Å². The van der Waals surface area contributed by atoms with Crippen LogP contribution in [0, 0.1) is 0 Å². The van der Waals surface area contributed by atoms with Crippen molar-refractivity contribution in [3.8, 4) is 27.9 Å². The first-order valence-electron chi connectivity index (χ1n) is 19.5. The minimum absolute atomic E-state index is 0.299. The Bertz CT molecular complexity index is 3050. The topological polar surface area (TPSA) is 8.17 Å². The van der Waals surface area contributed by atoms with E-state index in [-0.39, 0.29) is 0 Å². The van der Waals surface area contributed by atoms with E-state index in [0.29, 0.717) is 5.92 Å². The quantitative estimate of drug-likeness (QED) is 0.166. The van der Waals surface area contributed by atoms with Crippen LogP contribution in [-0.2, 0) is 6.42 Å². The van der Waals surface area contributed by atoms with Crippen molar-refractivity contribution in [2.24, 2.45) is 0 Å². The number of nitrogens with zero attached hydrogens (tertiary/aromatic N) is 2. The Hall–Kier alpha value is -7.16. The highest BCUT2D eigenvalue weighted by molar-refractivity contribution is 6.21. The number of hydrogen-bond donors (Lipinski definition) is 0. The zero-order chi connectivity index (χ0) is 37.0. The molecule has 11 rings (SSSR count). The monoisotopic (exact) mass is 714 g/mol. The van der Waals surface area contributed by atoms with Gasteiger partial charge in [-0.25, -0.2) is 0 Å². The standard InChI is InChI=1S/C54H38N2/c1-2-13-37(14-3-1)40-17-12-18-45(35-40)55(42-28-25-39(26-29-42)51-36-41-16-5-6-19-46(41)48-21-8-9-22-49(48)51)43-30-32-44(33-31-43)56-52-24-11-10-23-50(52)54-47-20-7-4-15-38(47)27-34-53(54)56/h1-35,51H,36H2. The van der Waals surface area contributed by atoms with Gasteiger partial charge in [0.25, 0.3) is 0 Å². The molecule has 1 aliphatic rings. The first-order chi connectivity index (χ1) is 27.8. The van der Waals surface area contributed by atoms with Crippen LogP contribution in [0.3, 0.4) is 0 Å². The number of anilines is 3. The number of para-hydroxylation sites is 1. The summed E-state index contributed by atoms with van der Waals surface area (Å²) in [6.07, 6.45) is 0.995. The van der Waals surface area contributed by atoms with Crippen molar-refractivity contribution in [3.05, 3.63) is 229 Å². The van der Waals surface area contributed by atoms with Gasteiger partial charge in [0.1, 0.15) is 0 Å². The van der Waals surface area contributed by atoms with E-state index in [1.54, 1.807) is 0 Å². The summed E-state index contributed by atoms with van der Waals surface area (Å²) in [5.74, 6) is 0.299. The molecule has 1 unspecified atom stereocenters. The van der Waals surface area contributed by atoms with Gasteiger partial charge in [-0.2, -0.15) is 0 Å². The summed E-state index contributed by atoms with van der Waals surface area (Å²) in [5.41, 5.74) is 16.2. The smallest absolute Gasteiger partial charge is 0.0547 e. The van der Waals surface area contributed by atoms with Crippen molar-refractivity contribution in [3.63, 3.8) is 0 Å². The molecule has 1 atom stereocenters. The van der Waals surface area contributed by atoms with Crippen molar-refractivity contribution in [1.29, 1.82) is 0 Å². The molecule has 10 aromatic rings. The van der Waals surface area contributed by atoms with Gasteiger partial charge in [-0.3, -0.25) is 0 Å². The Balaban J connectivity index is 1.02. The molecule has 2 heteroatoms. The minimum atomic E-state index is 0.299. The van der Waals surface area contributed by atoms with Gasteiger partial charge in [-0.05, 0) is 117 Å². The first kappa shape index (κ1) is 32.3. The van der Waals surface area contributed by atoms with E-state index in [9.17, 15) is 0 Å². The molecule has 0 fully saturated rings. The molecule has 1 aromatic heterocycles. The third kappa shape index (κ3) is 5.33. The zero-order valence-electron chi connectivity index (χ0n) is 30.9. The average molecular weight is 715 g/mol. The molecular weight excluding hydrogens is 677 g/mol. The van der Waals surface area contributed by atoms with Crippen molar-refractivity contribution in [2.45, 2.75) is 12.3 Å². The van der Waals surface area contributed by atoms with Crippen molar-refractivity contribution in [1.82, 2.24) is 4.57 Å². The fraction of sp³-hybridized carbons (Fsp3) is 0.0370. The maximum atomic E-state index is 2.41. The molecule has 56 heavy (non-hydrogen) atoms. The second-order valence-corrected chi connectivity index (χ2v) is 14.9. The normalized spacial score (nSPS) is 13.5. The predicted octanol–water partition coefficient (Wildman–Crippen LogP) is 14.4. The molecule has 0 saturated heterocycles. The Morgan fingerprint density at radius 2 is 1.09 bits per heavy atom. The zero-order valence-corrected chi connectivity index (χ0v) is 30.9. The summed E-state index contributed by atoms with van der Waals surface area (Å²) < 4.78 is 2.41. The van der Waals surface area contributed by atoms with Gasteiger partial charge in [0.15, 0.2) is 0 Å². The summed E-state index contributed by atoms with van der Waals surface area (Å²) >= 11 is 0. The minimum Gasteiger partial charge on any atom is -0.310 e. The lowest BCUT2D eigenvalue weighted by Crippen LogP contribution is -2.13. The SMILES string of the molecule is c1ccc(-c2cccc(N(c3ccc(C4Cc5ccccc5-c5ccccc54)cc3)c3ccc(-n4c5ccccc5c5c6ccccc6ccc54)cc3)c2)cc1. The summed E-state index contributed by atoms with van der Waals surface area (Å²) in [7, 11) is 0. The molecule has 0 aliphatic heterocycles. The second kappa shape index (κ2) is 13.3. The van der Waals surface area contributed by atoms with E-state index in [4.69, 9.17) is 0 Å². The van der Waals surface area contributed by atoms with Gasteiger partial charge in [-0.15, -0.1) is 0 Å². The van der Waals surface area contributed by atoms with Gasteiger partial charge in [0.2, 0.25) is 0 Å². The molecule has 0 radical (unpaired) electrons. The molecule has 2 nitrogen and oxygen atoms in total. The fourth-order valence-electron chi connectivity index (χ4n) is 9.16. The fourth-order valence-corrected chi connectivity index (χ4v) is 9.16. The number of aromatic nitrogens is 1. The van der Waals surface area contributed by atoms with Gasteiger partial charge < -0.3 is 9.47 Å². The summed E-state index contributed by atoms with van der Waals surface area (Å²) in [6.45, 7) is 0. The highest BCUT2D eigenvalue weighted by Gasteiger charge is 2.26. The molecule has 1 aliphatic carbocycles.